The number of benzene rings is 1. The number of carbonyl (C=O) groups is 1. The zero-order valence-corrected chi connectivity index (χ0v) is 11.9. The molecule has 0 saturated carbocycles. The minimum absolute atomic E-state index is 0.100. The predicted molar refractivity (Wildman–Crippen MR) is 74.9 cm³/mol. The summed E-state index contributed by atoms with van der Waals surface area (Å²) in [5.74, 6) is 0.472. The summed E-state index contributed by atoms with van der Waals surface area (Å²) in [5.41, 5.74) is 1.51. The zero-order valence-electron chi connectivity index (χ0n) is 11.9. The Morgan fingerprint density at radius 3 is 2.95 bits per heavy atom. The summed E-state index contributed by atoms with van der Waals surface area (Å²) in [5, 5.41) is 12.8. The van der Waals surface area contributed by atoms with Crippen LogP contribution in [0.5, 0.6) is 5.75 Å². The van der Waals surface area contributed by atoms with Crippen LogP contribution in [0.4, 0.5) is 0 Å². The highest BCUT2D eigenvalue weighted by molar-refractivity contribution is 5.82. The summed E-state index contributed by atoms with van der Waals surface area (Å²) >= 11 is 0. The Kier molecular flexibility index (Phi) is 3.80. The summed E-state index contributed by atoms with van der Waals surface area (Å²) in [4.78, 5) is 14.1. The van der Waals surface area contributed by atoms with E-state index in [1.165, 1.54) is 0 Å². The molecule has 4 nitrogen and oxygen atoms in total. The van der Waals surface area contributed by atoms with Gasteiger partial charge in [0.05, 0.1) is 5.41 Å². The molecule has 1 heterocycles. The smallest absolute Gasteiger partial charge is 0.227 e. The van der Waals surface area contributed by atoms with Gasteiger partial charge in [-0.2, -0.15) is 0 Å². The van der Waals surface area contributed by atoms with Crippen LogP contribution in [0.15, 0.2) is 18.2 Å². The van der Waals surface area contributed by atoms with E-state index in [2.05, 4.69) is 10.2 Å². The maximum absolute atomic E-state index is 11.9. The maximum atomic E-state index is 11.9. The number of amides is 1. The highest BCUT2D eigenvalue weighted by atomic mass is 16.3. The van der Waals surface area contributed by atoms with Gasteiger partial charge in [-0.3, -0.25) is 9.69 Å². The van der Waals surface area contributed by atoms with Gasteiger partial charge in [-0.1, -0.05) is 18.2 Å². The molecule has 2 N–H and O–H groups in total. The Bertz CT molecular complexity index is 487. The third-order valence-electron chi connectivity index (χ3n) is 4.04. The number of para-hydroxylation sites is 1. The van der Waals surface area contributed by atoms with Crippen LogP contribution in [0.1, 0.15) is 24.5 Å². The second kappa shape index (κ2) is 5.21. The van der Waals surface area contributed by atoms with E-state index in [9.17, 15) is 9.90 Å². The van der Waals surface area contributed by atoms with Crippen LogP contribution in [0.2, 0.25) is 0 Å². The summed E-state index contributed by atoms with van der Waals surface area (Å²) in [7, 11) is 1.68. The summed E-state index contributed by atoms with van der Waals surface area (Å²) in [6, 6.07) is 5.80. The van der Waals surface area contributed by atoms with Crippen LogP contribution in [-0.4, -0.2) is 36.1 Å². The van der Waals surface area contributed by atoms with Gasteiger partial charge in [-0.25, -0.2) is 0 Å². The molecule has 1 unspecified atom stereocenters. The minimum atomic E-state index is -0.311. The van der Waals surface area contributed by atoms with Gasteiger partial charge in [0.15, 0.2) is 0 Å². The molecule has 0 bridgehead atoms. The Morgan fingerprint density at radius 1 is 1.53 bits per heavy atom. The first-order valence-corrected chi connectivity index (χ1v) is 6.68. The van der Waals surface area contributed by atoms with E-state index in [-0.39, 0.29) is 11.3 Å². The minimum Gasteiger partial charge on any atom is -0.507 e. The molecule has 0 aromatic heterocycles. The molecule has 0 radical (unpaired) electrons. The van der Waals surface area contributed by atoms with E-state index in [0.29, 0.717) is 12.3 Å². The van der Waals surface area contributed by atoms with Crippen LogP contribution in [0, 0.1) is 12.3 Å². The van der Waals surface area contributed by atoms with Crippen LogP contribution >= 0.6 is 0 Å². The van der Waals surface area contributed by atoms with Crippen molar-refractivity contribution >= 4 is 5.91 Å². The predicted octanol–water partition coefficient (Wildman–Crippen LogP) is 1.66. The van der Waals surface area contributed by atoms with E-state index >= 15 is 0 Å². The molecule has 0 spiro atoms. The Morgan fingerprint density at radius 2 is 2.26 bits per heavy atom. The number of nitrogens with zero attached hydrogens (tertiary/aromatic N) is 1. The molecule has 1 aromatic rings. The fraction of sp³-hybridized carbons (Fsp3) is 0.533. The molecule has 4 heteroatoms. The average molecular weight is 262 g/mol. The van der Waals surface area contributed by atoms with Crippen molar-refractivity contribution < 1.29 is 9.90 Å². The fourth-order valence-electron chi connectivity index (χ4n) is 2.77. The van der Waals surface area contributed by atoms with Gasteiger partial charge >= 0.3 is 0 Å². The van der Waals surface area contributed by atoms with Gasteiger partial charge < -0.3 is 10.4 Å². The molecule has 1 amide bonds. The molecular formula is C15H22N2O2. The normalized spacial score (nSPS) is 23.5. The van der Waals surface area contributed by atoms with Crippen molar-refractivity contribution in [2.45, 2.75) is 26.8 Å². The van der Waals surface area contributed by atoms with E-state index in [1.807, 2.05) is 32.0 Å². The SMILES string of the molecule is CNC(=O)C1(C)CCN(Cc2cccc(C)c2O)C1. The molecule has 19 heavy (non-hydrogen) atoms. The standard InChI is InChI=1S/C15H22N2O2/c1-11-5-4-6-12(13(11)18)9-17-8-7-15(2,10-17)14(19)16-3/h4-6,18H,7-10H2,1-3H3,(H,16,19). The van der Waals surface area contributed by atoms with Crippen LogP contribution < -0.4 is 5.32 Å². The number of aromatic hydroxyl groups is 1. The second-order valence-corrected chi connectivity index (χ2v) is 5.68. The van der Waals surface area contributed by atoms with Crippen molar-refractivity contribution in [1.82, 2.24) is 10.2 Å². The van der Waals surface area contributed by atoms with Crippen LogP contribution in [0.25, 0.3) is 0 Å². The Hall–Kier alpha value is -1.55. The number of nitrogens with one attached hydrogen (secondary N) is 1. The first kappa shape index (κ1) is 13.9. The van der Waals surface area contributed by atoms with E-state index in [0.717, 1.165) is 30.6 Å². The highest BCUT2D eigenvalue weighted by Crippen LogP contribution is 2.32. The molecule has 0 aliphatic carbocycles. The van der Waals surface area contributed by atoms with Crippen molar-refractivity contribution in [2.75, 3.05) is 20.1 Å². The van der Waals surface area contributed by atoms with E-state index < -0.39 is 0 Å². The number of phenolic OH excluding ortho intramolecular Hbond substituents is 1. The third-order valence-corrected chi connectivity index (χ3v) is 4.04. The van der Waals surface area contributed by atoms with E-state index in [4.69, 9.17) is 0 Å². The van der Waals surface area contributed by atoms with Crippen molar-refractivity contribution in [2.24, 2.45) is 5.41 Å². The first-order chi connectivity index (χ1) is 8.96. The van der Waals surface area contributed by atoms with Crippen molar-refractivity contribution in [3.8, 4) is 5.75 Å². The lowest BCUT2D eigenvalue weighted by atomic mass is 9.89. The van der Waals surface area contributed by atoms with Gasteiger partial charge in [0.1, 0.15) is 5.75 Å². The maximum Gasteiger partial charge on any atom is 0.227 e. The van der Waals surface area contributed by atoms with Gasteiger partial charge in [0, 0.05) is 25.7 Å². The fourth-order valence-corrected chi connectivity index (χ4v) is 2.77. The Balaban J connectivity index is 2.06. The lowest BCUT2D eigenvalue weighted by Crippen LogP contribution is -2.39. The largest absolute Gasteiger partial charge is 0.507 e. The van der Waals surface area contributed by atoms with Gasteiger partial charge in [-0.05, 0) is 32.4 Å². The van der Waals surface area contributed by atoms with Crippen molar-refractivity contribution in [1.29, 1.82) is 0 Å². The average Bonchev–Trinajstić information content (AvgIpc) is 2.77. The van der Waals surface area contributed by atoms with Gasteiger partial charge in [0.25, 0.3) is 0 Å². The third kappa shape index (κ3) is 2.73. The zero-order chi connectivity index (χ0) is 14.0. The quantitative estimate of drug-likeness (QED) is 0.871. The summed E-state index contributed by atoms with van der Waals surface area (Å²) in [6.45, 7) is 6.22. The first-order valence-electron chi connectivity index (χ1n) is 6.68. The number of aryl methyl sites for hydroxylation is 1. The number of phenols is 1. The Labute approximate surface area is 114 Å². The van der Waals surface area contributed by atoms with Crippen LogP contribution in [0.3, 0.4) is 0 Å². The van der Waals surface area contributed by atoms with Crippen molar-refractivity contribution in [3.05, 3.63) is 29.3 Å². The molecule has 1 aliphatic heterocycles. The highest BCUT2D eigenvalue weighted by Gasteiger charge is 2.39. The molecule has 104 valence electrons. The van der Waals surface area contributed by atoms with Crippen molar-refractivity contribution in [3.63, 3.8) is 0 Å². The lowest BCUT2D eigenvalue weighted by Gasteiger charge is -2.23. The topological polar surface area (TPSA) is 52.6 Å². The van der Waals surface area contributed by atoms with Gasteiger partial charge in [-0.15, -0.1) is 0 Å². The molecular weight excluding hydrogens is 240 g/mol. The molecule has 2 rings (SSSR count). The molecule has 1 saturated heterocycles. The lowest BCUT2D eigenvalue weighted by molar-refractivity contribution is -0.129. The van der Waals surface area contributed by atoms with E-state index in [1.54, 1.807) is 7.05 Å². The summed E-state index contributed by atoms with van der Waals surface area (Å²) in [6.07, 6.45) is 0.860. The number of rotatable bonds is 3. The second-order valence-electron chi connectivity index (χ2n) is 5.68. The monoisotopic (exact) mass is 262 g/mol. The molecule has 1 fully saturated rings. The molecule has 1 aromatic carbocycles. The summed E-state index contributed by atoms with van der Waals surface area (Å²) < 4.78 is 0. The number of hydrogen-bond donors (Lipinski definition) is 2. The van der Waals surface area contributed by atoms with Crippen LogP contribution in [-0.2, 0) is 11.3 Å². The number of carbonyl (C=O) groups excluding carboxylic acids is 1. The molecule has 1 aliphatic rings. The van der Waals surface area contributed by atoms with Gasteiger partial charge in [0.2, 0.25) is 5.91 Å². The number of likely N-dealkylation sites (tertiary alicyclic amines) is 1. The number of hydrogen-bond acceptors (Lipinski definition) is 3. The molecule has 1 atom stereocenters.